The van der Waals surface area contributed by atoms with E-state index >= 15 is 0 Å². The zero-order valence-corrected chi connectivity index (χ0v) is 17.1. The van der Waals surface area contributed by atoms with Crippen LogP contribution in [-0.4, -0.2) is 20.9 Å². The van der Waals surface area contributed by atoms with Crippen LogP contribution in [0.2, 0.25) is 0 Å². The van der Waals surface area contributed by atoms with E-state index in [4.69, 9.17) is 0 Å². The molecule has 0 fully saturated rings. The monoisotopic (exact) mass is 468 g/mol. The Labute approximate surface area is 170 Å². The molecule has 134 valence electrons. The maximum Gasteiger partial charge on any atom is 0.255 e. The molecule has 5 nitrogen and oxygen atoms in total. The van der Waals surface area contributed by atoms with Crippen LogP contribution in [0, 0.1) is 17.4 Å². The van der Waals surface area contributed by atoms with Gasteiger partial charge in [0.1, 0.15) is 11.0 Å². The zero-order chi connectivity index (χ0) is 19.0. The molecular weight excluding hydrogens is 451 g/mol. The van der Waals surface area contributed by atoms with E-state index in [0.29, 0.717) is 5.56 Å². The lowest BCUT2D eigenvalue weighted by molar-refractivity contribution is 0.102. The number of nitrogens with one attached hydrogen (secondary N) is 1. The lowest BCUT2D eigenvalue weighted by atomic mass is 10.1. The highest BCUT2D eigenvalue weighted by Gasteiger charge is 2.12. The Hall–Kier alpha value is -2.74. The highest BCUT2D eigenvalue weighted by atomic mass is 127. The standard InChI is InChI=1S/C21H17IN4O/c1-13-3-9-17(10-4-13)26-24-19-11-14(2)18(12-20(19)25-26)23-21(27)15-5-7-16(22)8-6-15/h3-12H,1-2H3,(H,23,27). The minimum absolute atomic E-state index is 0.139. The summed E-state index contributed by atoms with van der Waals surface area (Å²) < 4.78 is 1.09. The highest BCUT2D eigenvalue weighted by Crippen LogP contribution is 2.23. The normalized spacial score (nSPS) is 10.9. The number of halogens is 1. The Morgan fingerprint density at radius 1 is 0.926 bits per heavy atom. The van der Waals surface area contributed by atoms with Gasteiger partial charge in [-0.1, -0.05) is 17.7 Å². The molecule has 0 spiro atoms. The average Bonchev–Trinajstić information content (AvgIpc) is 3.05. The summed E-state index contributed by atoms with van der Waals surface area (Å²) in [7, 11) is 0. The molecule has 4 aromatic rings. The second-order valence-corrected chi connectivity index (χ2v) is 7.69. The van der Waals surface area contributed by atoms with Crippen LogP contribution in [0.5, 0.6) is 0 Å². The van der Waals surface area contributed by atoms with Crippen LogP contribution in [0.1, 0.15) is 21.5 Å². The van der Waals surface area contributed by atoms with Gasteiger partial charge in [-0.15, -0.1) is 10.2 Å². The van der Waals surface area contributed by atoms with Crippen LogP contribution >= 0.6 is 22.6 Å². The molecule has 0 aliphatic heterocycles. The van der Waals surface area contributed by atoms with Crippen LogP contribution in [0.3, 0.4) is 0 Å². The molecule has 0 unspecified atom stereocenters. The summed E-state index contributed by atoms with van der Waals surface area (Å²) >= 11 is 2.22. The summed E-state index contributed by atoms with van der Waals surface area (Å²) in [5.41, 5.74) is 5.92. The van der Waals surface area contributed by atoms with E-state index in [-0.39, 0.29) is 5.91 Å². The van der Waals surface area contributed by atoms with Gasteiger partial charge in [-0.2, -0.15) is 4.80 Å². The van der Waals surface area contributed by atoms with Crippen molar-refractivity contribution < 1.29 is 4.79 Å². The summed E-state index contributed by atoms with van der Waals surface area (Å²) in [6.45, 7) is 4.00. The number of aryl methyl sites for hydroxylation is 2. The molecule has 0 atom stereocenters. The summed E-state index contributed by atoms with van der Waals surface area (Å²) in [6.07, 6.45) is 0. The van der Waals surface area contributed by atoms with Crippen LogP contribution in [0.25, 0.3) is 16.7 Å². The van der Waals surface area contributed by atoms with Crippen molar-refractivity contribution in [1.29, 1.82) is 0 Å². The number of fused-ring (bicyclic) bond motifs is 1. The van der Waals surface area contributed by atoms with Crippen molar-refractivity contribution >= 4 is 45.2 Å². The lowest BCUT2D eigenvalue weighted by Crippen LogP contribution is -2.12. The minimum atomic E-state index is -0.139. The Kier molecular flexibility index (Phi) is 4.65. The summed E-state index contributed by atoms with van der Waals surface area (Å²) in [6, 6.07) is 19.3. The second kappa shape index (κ2) is 7.11. The first-order chi connectivity index (χ1) is 13.0. The van der Waals surface area contributed by atoms with Gasteiger partial charge in [0.05, 0.1) is 5.69 Å². The maximum atomic E-state index is 12.5. The second-order valence-electron chi connectivity index (χ2n) is 6.44. The average molecular weight is 468 g/mol. The molecule has 1 aromatic heterocycles. The number of amides is 1. The van der Waals surface area contributed by atoms with Crippen molar-refractivity contribution in [3.05, 3.63) is 80.9 Å². The molecule has 1 heterocycles. The van der Waals surface area contributed by atoms with E-state index in [0.717, 1.165) is 31.5 Å². The third-order valence-corrected chi connectivity index (χ3v) is 5.07. The van der Waals surface area contributed by atoms with Crippen molar-refractivity contribution in [1.82, 2.24) is 15.0 Å². The predicted molar refractivity (Wildman–Crippen MR) is 115 cm³/mol. The summed E-state index contributed by atoms with van der Waals surface area (Å²) in [5.74, 6) is -0.139. The van der Waals surface area contributed by atoms with Gasteiger partial charge in [0.25, 0.3) is 5.91 Å². The first-order valence-corrected chi connectivity index (χ1v) is 9.59. The first-order valence-electron chi connectivity index (χ1n) is 8.51. The molecule has 0 saturated heterocycles. The molecule has 3 aromatic carbocycles. The van der Waals surface area contributed by atoms with Crippen molar-refractivity contribution in [2.45, 2.75) is 13.8 Å². The molecule has 4 rings (SSSR count). The molecule has 1 N–H and O–H groups in total. The van der Waals surface area contributed by atoms with Crippen molar-refractivity contribution in [3.63, 3.8) is 0 Å². The van der Waals surface area contributed by atoms with Gasteiger partial charge in [-0.3, -0.25) is 4.79 Å². The molecule has 0 radical (unpaired) electrons. The van der Waals surface area contributed by atoms with Crippen molar-refractivity contribution in [2.75, 3.05) is 5.32 Å². The van der Waals surface area contributed by atoms with E-state index in [2.05, 4.69) is 38.1 Å². The van der Waals surface area contributed by atoms with E-state index in [1.807, 2.05) is 74.5 Å². The number of rotatable bonds is 3. The SMILES string of the molecule is Cc1ccc(-n2nc3cc(C)c(NC(=O)c4ccc(I)cc4)cc3n2)cc1. The van der Waals surface area contributed by atoms with Crippen LogP contribution in [-0.2, 0) is 0 Å². The Morgan fingerprint density at radius 3 is 2.22 bits per heavy atom. The van der Waals surface area contributed by atoms with E-state index in [1.54, 1.807) is 4.80 Å². The van der Waals surface area contributed by atoms with Gasteiger partial charge < -0.3 is 5.32 Å². The first kappa shape index (κ1) is 17.7. The summed E-state index contributed by atoms with van der Waals surface area (Å²) in [4.78, 5) is 14.1. The Bertz CT molecular complexity index is 1130. The van der Waals surface area contributed by atoms with E-state index in [1.165, 1.54) is 5.56 Å². The van der Waals surface area contributed by atoms with Gasteiger partial charge >= 0.3 is 0 Å². The number of anilines is 1. The van der Waals surface area contributed by atoms with Gasteiger partial charge in [0, 0.05) is 14.8 Å². The van der Waals surface area contributed by atoms with Gasteiger partial charge in [0.15, 0.2) is 0 Å². The fraction of sp³-hybridized carbons (Fsp3) is 0.0952. The van der Waals surface area contributed by atoms with Crippen LogP contribution < -0.4 is 5.32 Å². The topological polar surface area (TPSA) is 59.8 Å². The molecule has 0 saturated carbocycles. The number of carbonyl (C=O) groups excluding carboxylic acids is 1. The van der Waals surface area contributed by atoms with Crippen LogP contribution in [0.4, 0.5) is 5.69 Å². The van der Waals surface area contributed by atoms with Crippen LogP contribution in [0.15, 0.2) is 60.7 Å². The quantitative estimate of drug-likeness (QED) is 0.436. The number of hydrogen-bond donors (Lipinski definition) is 1. The van der Waals surface area contributed by atoms with Gasteiger partial charge in [-0.25, -0.2) is 0 Å². The molecule has 0 aliphatic rings. The maximum absolute atomic E-state index is 12.5. The molecule has 6 heteroatoms. The minimum Gasteiger partial charge on any atom is -0.322 e. The molecule has 0 aliphatic carbocycles. The number of benzene rings is 3. The van der Waals surface area contributed by atoms with E-state index in [9.17, 15) is 4.79 Å². The smallest absolute Gasteiger partial charge is 0.255 e. The van der Waals surface area contributed by atoms with Gasteiger partial charge in [0.2, 0.25) is 0 Å². The Morgan fingerprint density at radius 2 is 1.56 bits per heavy atom. The largest absolute Gasteiger partial charge is 0.322 e. The molecule has 0 bridgehead atoms. The zero-order valence-electron chi connectivity index (χ0n) is 14.9. The third kappa shape index (κ3) is 3.71. The Balaban J connectivity index is 1.65. The number of carbonyl (C=O) groups is 1. The predicted octanol–water partition coefficient (Wildman–Crippen LogP) is 4.89. The fourth-order valence-corrected chi connectivity index (χ4v) is 3.15. The number of nitrogens with zero attached hydrogens (tertiary/aromatic N) is 3. The molecular formula is C21H17IN4O. The highest BCUT2D eigenvalue weighted by molar-refractivity contribution is 14.1. The molecule has 27 heavy (non-hydrogen) atoms. The fourth-order valence-electron chi connectivity index (χ4n) is 2.79. The van der Waals surface area contributed by atoms with Crippen molar-refractivity contribution in [3.8, 4) is 5.69 Å². The molecule has 1 amide bonds. The van der Waals surface area contributed by atoms with Gasteiger partial charge in [-0.05, 0) is 90.5 Å². The van der Waals surface area contributed by atoms with Crippen molar-refractivity contribution in [2.24, 2.45) is 0 Å². The summed E-state index contributed by atoms with van der Waals surface area (Å²) in [5, 5.41) is 12.1. The van der Waals surface area contributed by atoms with E-state index < -0.39 is 0 Å². The number of hydrogen-bond acceptors (Lipinski definition) is 3. The lowest BCUT2D eigenvalue weighted by Gasteiger charge is -2.08. The number of aromatic nitrogens is 3. The third-order valence-electron chi connectivity index (χ3n) is 4.35.